The highest BCUT2D eigenvalue weighted by atomic mass is 32.2. The molecule has 0 bridgehead atoms. The van der Waals surface area contributed by atoms with E-state index in [1.807, 2.05) is 42.6 Å². The van der Waals surface area contributed by atoms with Crippen LogP contribution < -0.4 is 5.56 Å². The summed E-state index contributed by atoms with van der Waals surface area (Å²) in [6.45, 7) is 0.913. The van der Waals surface area contributed by atoms with Gasteiger partial charge in [0, 0.05) is 36.2 Å². The molecule has 0 aliphatic heterocycles. The normalized spacial score (nSPS) is 11.4. The van der Waals surface area contributed by atoms with Gasteiger partial charge >= 0.3 is 0 Å². The number of H-pyrrole nitrogens is 1. The molecule has 0 unspecified atom stereocenters. The van der Waals surface area contributed by atoms with Crippen LogP contribution in [0.15, 0.2) is 58.7 Å². The SMILES string of the molecule is COCCn1c(SCc2cccnc2)nc2c([nH]c3ccccc32)c1=O. The van der Waals surface area contributed by atoms with Crippen molar-refractivity contribution in [3.63, 3.8) is 0 Å². The molecular weight excluding hydrogens is 348 g/mol. The Labute approximate surface area is 154 Å². The maximum absolute atomic E-state index is 13.0. The third kappa shape index (κ3) is 3.11. The van der Waals surface area contributed by atoms with E-state index in [0.29, 0.717) is 35.1 Å². The topological polar surface area (TPSA) is 72.8 Å². The summed E-state index contributed by atoms with van der Waals surface area (Å²) in [6, 6.07) is 11.8. The molecule has 0 saturated carbocycles. The summed E-state index contributed by atoms with van der Waals surface area (Å²) in [5.41, 5.74) is 3.18. The van der Waals surface area contributed by atoms with Crippen molar-refractivity contribution in [3.05, 3.63) is 64.7 Å². The molecule has 0 fully saturated rings. The molecule has 4 rings (SSSR count). The van der Waals surface area contributed by atoms with Crippen LogP contribution in [0.1, 0.15) is 5.56 Å². The Kier molecular flexibility index (Phi) is 4.73. The van der Waals surface area contributed by atoms with E-state index in [1.54, 1.807) is 17.9 Å². The molecule has 0 aliphatic rings. The number of nitrogens with one attached hydrogen (secondary N) is 1. The molecule has 0 aliphatic carbocycles. The lowest BCUT2D eigenvalue weighted by Gasteiger charge is -2.11. The van der Waals surface area contributed by atoms with Crippen molar-refractivity contribution in [3.8, 4) is 0 Å². The molecule has 4 aromatic rings. The highest BCUT2D eigenvalue weighted by Crippen LogP contribution is 2.26. The number of benzene rings is 1. The summed E-state index contributed by atoms with van der Waals surface area (Å²) >= 11 is 1.53. The van der Waals surface area contributed by atoms with E-state index in [1.165, 1.54) is 11.8 Å². The van der Waals surface area contributed by atoms with Crippen molar-refractivity contribution in [1.82, 2.24) is 19.5 Å². The van der Waals surface area contributed by atoms with Crippen LogP contribution in [0.2, 0.25) is 0 Å². The lowest BCUT2D eigenvalue weighted by molar-refractivity contribution is 0.183. The molecule has 0 atom stereocenters. The zero-order valence-corrected chi connectivity index (χ0v) is 15.1. The first kappa shape index (κ1) is 16.8. The van der Waals surface area contributed by atoms with Crippen LogP contribution in [0.25, 0.3) is 21.9 Å². The third-order valence-corrected chi connectivity index (χ3v) is 5.23. The van der Waals surface area contributed by atoms with Gasteiger partial charge in [0.1, 0.15) is 11.0 Å². The Hall–Kier alpha value is -2.64. The molecule has 3 heterocycles. The molecule has 0 saturated heterocycles. The highest BCUT2D eigenvalue weighted by Gasteiger charge is 2.15. The Bertz CT molecular complexity index is 1110. The minimum atomic E-state index is -0.0723. The number of pyridine rings is 1. The Balaban J connectivity index is 1.82. The maximum atomic E-state index is 13.0. The van der Waals surface area contributed by atoms with E-state index >= 15 is 0 Å². The number of para-hydroxylation sites is 1. The van der Waals surface area contributed by atoms with Gasteiger partial charge in [0.05, 0.1) is 13.2 Å². The molecule has 0 amide bonds. The van der Waals surface area contributed by atoms with Gasteiger partial charge in [0.25, 0.3) is 5.56 Å². The summed E-state index contributed by atoms with van der Waals surface area (Å²) in [7, 11) is 1.63. The zero-order valence-electron chi connectivity index (χ0n) is 14.3. The molecule has 132 valence electrons. The monoisotopic (exact) mass is 366 g/mol. The first-order valence-corrected chi connectivity index (χ1v) is 9.28. The van der Waals surface area contributed by atoms with E-state index in [9.17, 15) is 4.79 Å². The van der Waals surface area contributed by atoms with Crippen LogP contribution in [-0.2, 0) is 17.0 Å². The number of hydrogen-bond donors (Lipinski definition) is 1. The average Bonchev–Trinajstić information content (AvgIpc) is 3.06. The number of aromatic amines is 1. The zero-order chi connectivity index (χ0) is 17.9. The third-order valence-electron chi connectivity index (χ3n) is 4.19. The molecular formula is C19H18N4O2S. The van der Waals surface area contributed by atoms with E-state index < -0.39 is 0 Å². The highest BCUT2D eigenvalue weighted by molar-refractivity contribution is 7.98. The molecule has 0 spiro atoms. The minimum absolute atomic E-state index is 0.0723. The Morgan fingerprint density at radius 2 is 2.12 bits per heavy atom. The van der Waals surface area contributed by atoms with Crippen molar-refractivity contribution < 1.29 is 4.74 Å². The summed E-state index contributed by atoms with van der Waals surface area (Å²) in [5, 5.41) is 1.65. The summed E-state index contributed by atoms with van der Waals surface area (Å²) in [6.07, 6.45) is 3.58. The lowest BCUT2D eigenvalue weighted by Crippen LogP contribution is -2.25. The first-order chi connectivity index (χ1) is 12.8. The van der Waals surface area contributed by atoms with Crippen LogP contribution in [0, 0.1) is 0 Å². The van der Waals surface area contributed by atoms with Crippen molar-refractivity contribution in [2.45, 2.75) is 17.5 Å². The first-order valence-electron chi connectivity index (χ1n) is 8.30. The van der Waals surface area contributed by atoms with E-state index in [0.717, 1.165) is 16.5 Å². The summed E-state index contributed by atoms with van der Waals surface area (Å²) in [5.74, 6) is 0.696. The van der Waals surface area contributed by atoms with Crippen molar-refractivity contribution in [2.75, 3.05) is 13.7 Å². The Morgan fingerprint density at radius 3 is 2.92 bits per heavy atom. The molecule has 6 nitrogen and oxygen atoms in total. The van der Waals surface area contributed by atoms with E-state index in [2.05, 4.69) is 9.97 Å². The van der Waals surface area contributed by atoms with Gasteiger partial charge in [-0.15, -0.1) is 0 Å². The fourth-order valence-electron chi connectivity index (χ4n) is 2.90. The van der Waals surface area contributed by atoms with Crippen molar-refractivity contribution in [1.29, 1.82) is 0 Å². The molecule has 7 heteroatoms. The molecule has 26 heavy (non-hydrogen) atoms. The fraction of sp³-hybridized carbons (Fsp3) is 0.211. The number of aromatic nitrogens is 4. The van der Waals surface area contributed by atoms with Crippen LogP contribution in [0.5, 0.6) is 0 Å². The average molecular weight is 366 g/mol. The van der Waals surface area contributed by atoms with E-state index in [4.69, 9.17) is 9.72 Å². The quantitative estimate of drug-likeness (QED) is 0.419. The fourth-order valence-corrected chi connectivity index (χ4v) is 3.85. The number of nitrogens with zero attached hydrogens (tertiary/aromatic N) is 3. The summed E-state index contributed by atoms with van der Waals surface area (Å²) < 4.78 is 6.86. The predicted molar refractivity (Wildman–Crippen MR) is 104 cm³/mol. The van der Waals surface area contributed by atoms with Gasteiger partial charge in [0.2, 0.25) is 0 Å². The number of methoxy groups -OCH3 is 1. The maximum Gasteiger partial charge on any atom is 0.278 e. The van der Waals surface area contributed by atoms with Gasteiger partial charge in [-0.3, -0.25) is 14.3 Å². The second-order valence-electron chi connectivity index (χ2n) is 5.89. The molecule has 0 radical (unpaired) electrons. The standard InChI is InChI=1S/C19H18N4O2S/c1-25-10-9-23-18(24)17-16(14-6-2-3-7-15(14)21-17)22-19(23)26-12-13-5-4-8-20-11-13/h2-8,11,21H,9-10,12H2,1H3. The molecule has 1 aromatic carbocycles. The number of rotatable bonds is 6. The van der Waals surface area contributed by atoms with Crippen LogP contribution in [0.4, 0.5) is 0 Å². The van der Waals surface area contributed by atoms with Gasteiger partial charge in [-0.2, -0.15) is 0 Å². The second-order valence-corrected chi connectivity index (χ2v) is 6.83. The summed E-state index contributed by atoms with van der Waals surface area (Å²) in [4.78, 5) is 25.2. The van der Waals surface area contributed by atoms with Crippen LogP contribution in [-0.4, -0.2) is 33.2 Å². The van der Waals surface area contributed by atoms with Gasteiger partial charge in [-0.05, 0) is 17.7 Å². The van der Waals surface area contributed by atoms with E-state index in [-0.39, 0.29) is 5.56 Å². The second kappa shape index (κ2) is 7.31. The van der Waals surface area contributed by atoms with Gasteiger partial charge in [-0.1, -0.05) is 36.0 Å². The smallest absolute Gasteiger partial charge is 0.278 e. The van der Waals surface area contributed by atoms with Gasteiger partial charge < -0.3 is 9.72 Å². The largest absolute Gasteiger partial charge is 0.383 e. The number of ether oxygens (including phenoxy) is 1. The Morgan fingerprint density at radius 1 is 1.23 bits per heavy atom. The lowest BCUT2D eigenvalue weighted by atomic mass is 10.2. The minimum Gasteiger partial charge on any atom is -0.383 e. The number of fused-ring (bicyclic) bond motifs is 3. The van der Waals surface area contributed by atoms with Crippen molar-refractivity contribution in [2.24, 2.45) is 0 Å². The predicted octanol–water partition coefficient (Wildman–Crippen LogP) is 3.21. The van der Waals surface area contributed by atoms with Crippen LogP contribution >= 0.6 is 11.8 Å². The molecule has 1 N–H and O–H groups in total. The number of hydrogen-bond acceptors (Lipinski definition) is 5. The molecule has 3 aromatic heterocycles. The number of thioether (sulfide) groups is 1. The van der Waals surface area contributed by atoms with Gasteiger partial charge in [-0.25, -0.2) is 4.98 Å². The van der Waals surface area contributed by atoms with Crippen LogP contribution in [0.3, 0.4) is 0 Å². The van der Waals surface area contributed by atoms with Gasteiger partial charge in [0.15, 0.2) is 5.16 Å². The van der Waals surface area contributed by atoms with Crippen molar-refractivity contribution >= 4 is 33.7 Å².